The van der Waals surface area contributed by atoms with Crippen LogP contribution in [0.3, 0.4) is 0 Å². The lowest BCUT2D eigenvalue weighted by Crippen LogP contribution is -2.19. The van der Waals surface area contributed by atoms with E-state index in [9.17, 15) is 30.7 Å². The molecule has 0 N–H and O–H groups in total. The molecule has 0 unspecified atom stereocenters. The highest BCUT2D eigenvalue weighted by Crippen LogP contribution is 2.36. The lowest BCUT2D eigenvalue weighted by atomic mass is 9.96. The number of rotatable bonds is 7. The Kier molecular flexibility index (Phi) is 8.77. The van der Waals surface area contributed by atoms with Gasteiger partial charge in [0.15, 0.2) is 17.5 Å². The second-order valence-corrected chi connectivity index (χ2v) is 9.93. The molecule has 230 valence electrons. The molecule has 0 amide bonds. The molecule has 0 aliphatic heterocycles. The highest BCUT2D eigenvalue weighted by atomic mass is 19.4. The summed E-state index contributed by atoms with van der Waals surface area (Å²) in [6, 6.07) is 22.1. The van der Waals surface area contributed by atoms with Gasteiger partial charge in [-0.15, -0.1) is 13.2 Å². The molecule has 1 nitrogen and oxygen atoms in total. The number of allylic oxidation sites excluding steroid dienone is 1. The summed E-state index contributed by atoms with van der Waals surface area (Å²) < 4.78 is 127. The molecule has 0 aliphatic rings. The zero-order chi connectivity index (χ0) is 32.5. The SMILES string of the molecule is CCC(F)=C(F)c1ccc(-c2ccc(-c3ccc(-c4ccc(-c5cc(F)c(OC(F)(F)F)c(F)c5)c(F)c4)c(F)c3)cc2)cc1. The van der Waals surface area contributed by atoms with E-state index in [1.54, 1.807) is 42.5 Å². The summed E-state index contributed by atoms with van der Waals surface area (Å²) in [6.45, 7) is 1.52. The molecule has 0 aliphatic carbocycles. The molecular weight excluding hydrogens is 607 g/mol. The normalized spacial score (nSPS) is 12.2. The van der Waals surface area contributed by atoms with Crippen molar-refractivity contribution in [1.29, 1.82) is 0 Å². The standard InChI is InChI=1S/C35H21F9O/c1-2-28(36)33(41)22-9-7-20(8-10-22)19-3-5-21(6-4-19)23-11-13-26(29(37)15-23)24-12-14-27(30(38)16-24)25-17-31(39)34(32(40)18-25)45-35(42,43)44/h3-18H,2H2,1H3. The summed E-state index contributed by atoms with van der Waals surface area (Å²) >= 11 is 0. The van der Waals surface area contributed by atoms with Crippen molar-refractivity contribution in [3.05, 3.63) is 132 Å². The minimum absolute atomic E-state index is 0.0352. The van der Waals surface area contributed by atoms with Crippen LogP contribution >= 0.6 is 0 Å². The van der Waals surface area contributed by atoms with Crippen molar-refractivity contribution in [1.82, 2.24) is 0 Å². The molecule has 0 saturated carbocycles. The molecule has 0 atom stereocenters. The van der Waals surface area contributed by atoms with E-state index >= 15 is 8.78 Å². The number of hydrogen-bond acceptors (Lipinski definition) is 1. The molecule has 5 rings (SSSR count). The summed E-state index contributed by atoms with van der Waals surface area (Å²) in [5, 5.41) is 0. The van der Waals surface area contributed by atoms with Gasteiger partial charge in [0.05, 0.1) is 0 Å². The maximum atomic E-state index is 15.2. The number of halogens is 9. The fourth-order valence-corrected chi connectivity index (χ4v) is 4.75. The van der Waals surface area contributed by atoms with Crippen LogP contribution in [0.15, 0.2) is 103 Å². The van der Waals surface area contributed by atoms with Gasteiger partial charge in [-0.25, -0.2) is 26.3 Å². The van der Waals surface area contributed by atoms with Gasteiger partial charge in [0, 0.05) is 16.7 Å². The van der Waals surface area contributed by atoms with Crippen LogP contribution in [0.5, 0.6) is 5.75 Å². The van der Waals surface area contributed by atoms with E-state index in [0.717, 1.165) is 23.3 Å². The fraction of sp³-hybridized carbons (Fsp3) is 0.0857. The Morgan fingerprint density at radius 1 is 0.533 bits per heavy atom. The van der Waals surface area contributed by atoms with E-state index in [2.05, 4.69) is 4.74 Å². The molecule has 0 fully saturated rings. The smallest absolute Gasteiger partial charge is 0.399 e. The second-order valence-electron chi connectivity index (χ2n) is 9.93. The minimum atomic E-state index is -5.33. The predicted molar refractivity (Wildman–Crippen MR) is 154 cm³/mol. The summed E-state index contributed by atoms with van der Waals surface area (Å²) in [7, 11) is 0. The zero-order valence-electron chi connectivity index (χ0n) is 23.3. The Morgan fingerprint density at radius 2 is 0.933 bits per heavy atom. The average Bonchev–Trinajstić information content (AvgIpc) is 3.01. The Hall–Kier alpha value is -4.99. The molecule has 0 aromatic heterocycles. The van der Waals surface area contributed by atoms with Gasteiger partial charge in [0.1, 0.15) is 17.5 Å². The topological polar surface area (TPSA) is 9.23 Å². The monoisotopic (exact) mass is 628 g/mol. The molecule has 5 aromatic carbocycles. The summed E-state index contributed by atoms with van der Waals surface area (Å²) in [5.74, 6) is -8.41. The van der Waals surface area contributed by atoms with E-state index in [1.807, 2.05) is 0 Å². The van der Waals surface area contributed by atoms with Crippen molar-refractivity contribution < 1.29 is 44.3 Å². The maximum absolute atomic E-state index is 15.2. The van der Waals surface area contributed by atoms with Crippen molar-refractivity contribution >= 4 is 5.83 Å². The van der Waals surface area contributed by atoms with E-state index in [0.29, 0.717) is 23.3 Å². The predicted octanol–water partition coefficient (Wildman–Crippen LogP) is 11.8. The molecule has 0 spiro atoms. The largest absolute Gasteiger partial charge is 0.573 e. The van der Waals surface area contributed by atoms with Crippen molar-refractivity contribution in [2.45, 2.75) is 19.7 Å². The van der Waals surface area contributed by atoms with Crippen LogP contribution in [0.2, 0.25) is 0 Å². The highest BCUT2D eigenvalue weighted by Gasteiger charge is 2.34. The van der Waals surface area contributed by atoms with Gasteiger partial charge in [0.25, 0.3) is 0 Å². The maximum Gasteiger partial charge on any atom is 0.573 e. The lowest BCUT2D eigenvalue weighted by Gasteiger charge is -2.13. The van der Waals surface area contributed by atoms with E-state index in [1.165, 1.54) is 37.3 Å². The fourth-order valence-electron chi connectivity index (χ4n) is 4.75. The summed E-state index contributed by atoms with van der Waals surface area (Å²) in [5.41, 5.74) is 2.32. The second kappa shape index (κ2) is 12.6. The van der Waals surface area contributed by atoms with Crippen LogP contribution in [0.25, 0.3) is 50.3 Å². The molecule has 5 aromatic rings. The Morgan fingerprint density at radius 3 is 1.42 bits per heavy atom. The van der Waals surface area contributed by atoms with E-state index < -0.39 is 47.0 Å². The van der Waals surface area contributed by atoms with Crippen LogP contribution in [-0.4, -0.2) is 6.36 Å². The highest BCUT2D eigenvalue weighted by molar-refractivity contribution is 5.76. The van der Waals surface area contributed by atoms with Crippen molar-refractivity contribution in [3.63, 3.8) is 0 Å². The summed E-state index contributed by atoms with van der Waals surface area (Å²) in [6.07, 6.45) is -5.38. The molecule has 0 radical (unpaired) electrons. The number of ether oxygens (including phenoxy) is 1. The first-order chi connectivity index (χ1) is 21.3. The van der Waals surface area contributed by atoms with Gasteiger partial charge in [-0.3, -0.25) is 0 Å². The van der Waals surface area contributed by atoms with Gasteiger partial charge in [0.2, 0.25) is 5.75 Å². The number of hydrogen-bond donors (Lipinski definition) is 0. The number of alkyl halides is 3. The molecule has 45 heavy (non-hydrogen) atoms. The van der Waals surface area contributed by atoms with Crippen molar-refractivity contribution in [3.8, 4) is 50.3 Å². The van der Waals surface area contributed by atoms with Gasteiger partial charge in [-0.2, -0.15) is 0 Å². The Bertz CT molecular complexity index is 1870. The van der Waals surface area contributed by atoms with Gasteiger partial charge in [-0.1, -0.05) is 79.7 Å². The third-order valence-corrected chi connectivity index (χ3v) is 7.01. The zero-order valence-corrected chi connectivity index (χ0v) is 23.3. The Balaban J connectivity index is 1.35. The van der Waals surface area contributed by atoms with E-state index in [4.69, 9.17) is 0 Å². The first-order valence-electron chi connectivity index (χ1n) is 13.4. The van der Waals surface area contributed by atoms with Crippen LogP contribution in [0, 0.1) is 23.3 Å². The third kappa shape index (κ3) is 6.90. The lowest BCUT2D eigenvalue weighted by molar-refractivity contribution is -0.276. The quantitative estimate of drug-likeness (QED) is 0.163. The first kappa shape index (κ1) is 31.4. The Labute approximate surface area is 251 Å². The molecular formula is C35H21F9O. The van der Waals surface area contributed by atoms with Crippen molar-refractivity contribution in [2.24, 2.45) is 0 Å². The molecule has 0 heterocycles. The van der Waals surface area contributed by atoms with Gasteiger partial charge >= 0.3 is 6.36 Å². The van der Waals surface area contributed by atoms with Gasteiger partial charge in [-0.05, 0) is 64.1 Å². The summed E-state index contributed by atoms with van der Waals surface area (Å²) in [4.78, 5) is 0. The third-order valence-electron chi connectivity index (χ3n) is 7.01. The van der Waals surface area contributed by atoms with Crippen LogP contribution < -0.4 is 4.74 Å². The first-order valence-corrected chi connectivity index (χ1v) is 13.4. The minimum Gasteiger partial charge on any atom is -0.399 e. The van der Waals surface area contributed by atoms with Crippen LogP contribution in [-0.2, 0) is 0 Å². The van der Waals surface area contributed by atoms with Crippen molar-refractivity contribution in [2.75, 3.05) is 0 Å². The van der Waals surface area contributed by atoms with Crippen LogP contribution in [0.1, 0.15) is 18.9 Å². The van der Waals surface area contributed by atoms with E-state index in [-0.39, 0.29) is 34.2 Å². The molecule has 10 heteroatoms. The van der Waals surface area contributed by atoms with Crippen LogP contribution in [0.4, 0.5) is 39.5 Å². The average molecular weight is 629 g/mol. The molecule has 0 saturated heterocycles. The molecule has 0 bridgehead atoms. The number of benzene rings is 5. The van der Waals surface area contributed by atoms with Gasteiger partial charge < -0.3 is 4.74 Å².